The van der Waals surface area contributed by atoms with Crippen LogP contribution in [0.2, 0.25) is 0 Å². The lowest BCUT2D eigenvalue weighted by atomic mass is 10.0. The average Bonchev–Trinajstić information content (AvgIpc) is 2.60. The Bertz CT molecular complexity index is 347. The van der Waals surface area contributed by atoms with Crippen LogP contribution < -0.4 is 5.32 Å². The molecule has 1 unspecified atom stereocenters. The molecule has 0 aromatic rings. The third-order valence-electron chi connectivity index (χ3n) is 4.74. The molecule has 0 heterocycles. The van der Waals surface area contributed by atoms with Gasteiger partial charge < -0.3 is 15.5 Å². The van der Waals surface area contributed by atoms with E-state index in [1.54, 1.807) is 0 Å². The maximum atomic E-state index is 11.5. The highest BCUT2D eigenvalue weighted by atomic mass is 16.4. The summed E-state index contributed by atoms with van der Waals surface area (Å²) < 4.78 is 0. The van der Waals surface area contributed by atoms with Crippen molar-refractivity contribution in [1.29, 1.82) is 0 Å². The fourth-order valence-electron chi connectivity index (χ4n) is 3.07. The molecule has 1 atom stereocenters. The maximum absolute atomic E-state index is 11.5. The minimum absolute atomic E-state index is 0.0123. The molecule has 0 saturated carbocycles. The first-order valence-corrected chi connectivity index (χ1v) is 10.7. The van der Waals surface area contributed by atoms with E-state index in [1.807, 2.05) is 0 Å². The topological polar surface area (TPSA) is 86.6 Å². The molecule has 26 heavy (non-hydrogen) atoms. The summed E-state index contributed by atoms with van der Waals surface area (Å²) >= 11 is 0. The number of carbonyl (C=O) groups is 2. The summed E-state index contributed by atoms with van der Waals surface area (Å²) in [5.74, 6) is -0.925. The van der Waals surface area contributed by atoms with Crippen molar-refractivity contribution in [3.63, 3.8) is 0 Å². The van der Waals surface area contributed by atoms with Crippen molar-refractivity contribution >= 4 is 11.9 Å². The summed E-state index contributed by atoms with van der Waals surface area (Å²) in [6, 6.07) is 0. The highest BCUT2D eigenvalue weighted by Crippen LogP contribution is 2.14. The SMILES string of the molecule is CCCCCCC(O)CCCCCCCCCCC(=O)NCCC(=O)O. The van der Waals surface area contributed by atoms with Crippen molar-refractivity contribution in [1.82, 2.24) is 5.32 Å². The summed E-state index contributed by atoms with van der Waals surface area (Å²) in [5.41, 5.74) is 0. The molecule has 0 aromatic heterocycles. The molecular weight excluding hydrogens is 330 g/mol. The van der Waals surface area contributed by atoms with E-state index in [0.29, 0.717) is 6.42 Å². The minimum Gasteiger partial charge on any atom is -0.481 e. The number of nitrogens with one attached hydrogen (secondary N) is 1. The van der Waals surface area contributed by atoms with E-state index in [-0.39, 0.29) is 25.0 Å². The number of unbranched alkanes of at least 4 members (excludes halogenated alkanes) is 10. The zero-order valence-electron chi connectivity index (χ0n) is 16.8. The number of rotatable bonds is 19. The molecule has 0 bridgehead atoms. The van der Waals surface area contributed by atoms with Gasteiger partial charge in [-0.25, -0.2) is 0 Å². The summed E-state index contributed by atoms with van der Waals surface area (Å²) in [6.45, 7) is 2.43. The van der Waals surface area contributed by atoms with Crippen LogP contribution in [-0.2, 0) is 9.59 Å². The Morgan fingerprint density at radius 3 is 1.81 bits per heavy atom. The summed E-state index contributed by atoms with van der Waals surface area (Å²) in [4.78, 5) is 21.8. The number of amides is 1. The van der Waals surface area contributed by atoms with Gasteiger partial charge in [0.25, 0.3) is 0 Å². The number of carboxylic acids is 1. The lowest BCUT2D eigenvalue weighted by molar-refractivity contribution is -0.136. The number of aliphatic hydroxyl groups excluding tert-OH is 1. The van der Waals surface area contributed by atoms with Crippen molar-refractivity contribution in [2.24, 2.45) is 0 Å². The second-order valence-corrected chi connectivity index (χ2v) is 7.36. The Hall–Kier alpha value is -1.10. The van der Waals surface area contributed by atoms with Crippen LogP contribution in [0.1, 0.15) is 110 Å². The van der Waals surface area contributed by atoms with E-state index in [9.17, 15) is 14.7 Å². The standard InChI is InChI=1S/C21H41NO4/c1-2-3-4-11-14-19(23)15-12-9-7-5-6-8-10-13-16-20(24)22-18-17-21(25)26/h19,23H,2-18H2,1H3,(H,22,24)(H,25,26). The highest BCUT2D eigenvalue weighted by molar-refractivity contribution is 5.76. The smallest absolute Gasteiger partial charge is 0.305 e. The molecule has 0 aliphatic carbocycles. The van der Waals surface area contributed by atoms with E-state index in [2.05, 4.69) is 12.2 Å². The van der Waals surface area contributed by atoms with Gasteiger partial charge in [-0.15, -0.1) is 0 Å². The highest BCUT2D eigenvalue weighted by Gasteiger charge is 2.04. The van der Waals surface area contributed by atoms with Gasteiger partial charge in [0, 0.05) is 13.0 Å². The first-order chi connectivity index (χ1) is 12.6. The van der Waals surface area contributed by atoms with Crippen LogP contribution in [0, 0.1) is 0 Å². The van der Waals surface area contributed by atoms with Crippen LogP contribution in [0.15, 0.2) is 0 Å². The minimum atomic E-state index is -0.883. The zero-order chi connectivity index (χ0) is 19.5. The van der Waals surface area contributed by atoms with E-state index < -0.39 is 5.97 Å². The predicted molar refractivity (Wildman–Crippen MR) is 106 cm³/mol. The lowest BCUT2D eigenvalue weighted by Gasteiger charge is -2.10. The third kappa shape index (κ3) is 19.2. The number of hydrogen-bond donors (Lipinski definition) is 3. The van der Waals surface area contributed by atoms with Gasteiger partial charge in [-0.05, 0) is 19.3 Å². The molecule has 5 heteroatoms. The Labute approximate surface area is 159 Å². The molecule has 0 rings (SSSR count). The summed E-state index contributed by atoms with van der Waals surface area (Å²) in [6.07, 6.45) is 16.3. The van der Waals surface area contributed by atoms with Crippen LogP contribution in [0.25, 0.3) is 0 Å². The van der Waals surface area contributed by atoms with E-state index in [4.69, 9.17) is 5.11 Å². The molecule has 0 aliphatic heterocycles. The molecule has 1 amide bonds. The zero-order valence-corrected chi connectivity index (χ0v) is 16.8. The van der Waals surface area contributed by atoms with Crippen molar-refractivity contribution in [3.8, 4) is 0 Å². The van der Waals surface area contributed by atoms with Crippen LogP contribution in [0.3, 0.4) is 0 Å². The largest absolute Gasteiger partial charge is 0.481 e. The van der Waals surface area contributed by atoms with E-state index in [1.165, 1.54) is 44.9 Å². The third-order valence-corrected chi connectivity index (χ3v) is 4.74. The molecular formula is C21H41NO4. The maximum Gasteiger partial charge on any atom is 0.305 e. The molecule has 0 fully saturated rings. The van der Waals surface area contributed by atoms with Crippen molar-refractivity contribution in [2.75, 3.05) is 6.54 Å². The molecule has 0 aromatic carbocycles. The van der Waals surface area contributed by atoms with Crippen LogP contribution >= 0.6 is 0 Å². The average molecular weight is 372 g/mol. The van der Waals surface area contributed by atoms with Crippen LogP contribution in [-0.4, -0.2) is 34.7 Å². The molecule has 0 spiro atoms. The molecule has 154 valence electrons. The molecule has 5 nitrogen and oxygen atoms in total. The number of aliphatic hydroxyl groups is 1. The Kier molecular flexibility index (Phi) is 17.9. The van der Waals surface area contributed by atoms with Gasteiger partial charge >= 0.3 is 5.97 Å². The van der Waals surface area contributed by atoms with Crippen molar-refractivity contribution in [2.45, 2.75) is 116 Å². The first-order valence-electron chi connectivity index (χ1n) is 10.7. The fourth-order valence-corrected chi connectivity index (χ4v) is 3.07. The van der Waals surface area contributed by atoms with Gasteiger partial charge in [-0.1, -0.05) is 77.6 Å². The Balaban J connectivity index is 3.23. The number of hydrogen-bond acceptors (Lipinski definition) is 3. The van der Waals surface area contributed by atoms with Crippen molar-refractivity contribution < 1.29 is 19.8 Å². The van der Waals surface area contributed by atoms with Crippen LogP contribution in [0.4, 0.5) is 0 Å². The molecule has 0 radical (unpaired) electrons. The van der Waals surface area contributed by atoms with E-state index in [0.717, 1.165) is 44.9 Å². The van der Waals surface area contributed by atoms with Gasteiger partial charge in [0.2, 0.25) is 5.91 Å². The Morgan fingerprint density at radius 1 is 0.769 bits per heavy atom. The fraction of sp³-hybridized carbons (Fsp3) is 0.905. The summed E-state index contributed by atoms with van der Waals surface area (Å²) in [7, 11) is 0. The number of aliphatic carboxylic acids is 1. The summed E-state index contributed by atoms with van der Waals surface area (Å²) in [5, 5.41) is 21.0. The first kappa shape index (κ1) is 24.9. The van der Waals surface area contributed by atoms with E-state index >= 15 is 0 Å². The quantitative estimate of drug-likeness (QED) is 0.284. The number of carboxylic acid groups (broad SMARTS) is 1. The van der Waals surface area contributed by atoms with Gasteiger partial charge in [0.15, 0.2) is 0 Å². The van der Waals surface area contributed by atoms with Gasteiger partial charge in [0.1, 0.15) is 0 Å². The van der Waals surface area contributed by atoms with Crippen LogP contribution in [0.5, 0.6) is 0 Å². The monoisotopic (exact) mass is 371 g/mol. The molecule has 3 N–H and O–H groups in total. The second-order valence-electron chi connectivity index (χ2n) is 7.36. The van der Waals surface area contributed by atoms with Gasteiger partial charge in [-0.3, -0.25) is 9.59 Å². The lowest BCUT2D eigenvalue weighted by Crippen LogP contribution is -2.25. The second kappa shape index (κ2) is 18.7. The van der Waals surface area contributed by atoms with Gasteiger partial charge in [-0.2, -0.15) is 0 Å². The van der Waals surface area contributed by atoms with Crippen molar-refractivity contribution in [3.05, 3.63) is 0 Å². The molecule has 0 aliphatic rings. The normalized spacial score (nSPS) is 12.1. The molecule has 0 saturated heterocycles. The van der Waals surface area contributed by atoms with Gasteiger partial charge in [0.05, 0.1) is 12.5 Å². The predicted octanol–water partition coefficient (Wildman–Crippen LogP) is 4.81. The number of carbonyl (C=O) groups excluding carboxylic acids is 1. The Morgan fingerprint density at radius 2 is 1.27 bits per heavy atom.